The van der Waals surface area contributed by atoms with E-state index in [1.165, 1.54) is 0 Å². The molecule has 1 amide bonds. The molecule has 0 saturated heterocycles. The summed E-state index contributed by atoms with van der Waals surface area (Å²) in [7, 11) is 3.50. The summed E-state index contributed by atoms with van der Waals surface area (Å²) in [6.45, 7) is 8.55. The van der Waals surface area contributed by atoms with Crippen molar-refractivity contribution in [3.63, 3.8) is 0 Å². The molecule has 0 aliphatic rings. The number of nitrogens with one attached hydrogen (secondary N) is 2. The van der Waals surface area contributed by atoms with Crippen molar-refractivity contribution in [1.29, 1.82) is 0 Å². The summed E-state index contributed by atoms with van der Waals surface area (Å²) in [5.41, 5.74) is 0. The molecule has 0 unspecified atom stereocenters. The molecule has 2 N–H and O–H groups in total. The number of likely N-dealkylation sites (N-methyl/N-ethyl adjacent to an activating group) is 1. The number of aliphatic imine (C=N–C) groups is 1. The van der Waals surface area contributed by atoms with Crippen LogP contribution in [0.1, 0.15) is 46.5 Å². The first-order valence-corrected chi connectivity index (χ1v) is 7.77. The Bertz CT molecular complexity index is 286. The van der Waals surface area contributed by atoms with E-state index in [1.54, 1.807) is 19.0 Å². The maximum atomic E-state index is 11.6. The van der Waals surface area contributed by atoms with Gasteiger partial charge in [-0.15, -0.1) is 0 Å². The first kappa shape index (κ1) is 18.7. The lowest BCUT2D eigenvalue weighted by atomic mass is 10.0. The van der Waals surface area contributed by atoms with E-state index >= 15 is 0 Å². The molecule has 0 atom stereocenters. The summed E-state index contributed by atoms with van der Waals surface area (Å²) < 4.78 is 0. The van der Waals surface area contributed by atoms with Gasteiger partial charge in [-0.25, -0.2) is 4.99 Å². The van der Waals surface area contributed by atoms with Crippen LogP contribution in [0.2, 0.25) is 0 Å². The van der Waals surface area contributed by atoms with Crippen molar-refractivity contribution in [2.45, 2.75) is 46.5 Å². The number of hydrogen-bond acceptors (Lipinski definition) is 2. The van der Waals surface area contributed by atoms with Crippen LogP contribution >= 0.6 is 0 Å². The zero-order valence-electron chi connectivity index (χ0n) is 13.8. The van der Waals surface area contributed by atoms with Gasteiger partial charge in [0.15, 0.2) is 5.96 Å². The smallest absolute Gasteiger partial charge is 0.243 e. The van der Waals surface area contributed by atoms with Crippen molar-refractivity contribution in [1.82, 2.24) is 15.5 Å². The van der Waals surface area contributed by atoms with Gasteiger partial charge in [0.1, 0.15) is 6.54 Å². The fourth-order valence-corrected chi connectivity index (χ4v) is 1.66. The van der Waals surface area contributed by atoms with Crippen LogP contribution in [0.15, 0.2) is 4.99 Å². The molecule has 0 saturated carbocycles. The van der Waals surface area contributed by atoms with Crippen LogP contribution in [0.3, 0.4) is 0 Å². The topological polar surface area (TPSA) is 56.7 Å². The van der Waals surface area contributed by atoms with Crippen LogP contribution < -0.4 is 10.6 Å². The second-order valence-electron chi connectivity index (χ2n) is 5.30. The number of guanidine groups is 1. The summed E-state index contributed by atoms with van der Waals surface area (Å²) in [5.74, 6) is 1.42. The van der Waals surface area contributed by atoms with Gasteiger partial charge in [0.2, 0.25) is 5.91 Å². The molecule has 5 nitrogen and oxygen atoms in total. The fourth-order valence-electron chi connectivity index (χ4n) is 1.66. The van der Waals surface area contributed by atoms with E-state index < -0.39 is 0 Å². The molecule has 0 rings (SSSR count). The number of carbonyl (C=O) groups is 1. The van der Waals surface area contributed by atoms with Gasteiger partial charge in [-0.05, 0) is 12.3 Å². The van der Waals surface area contributed by atoms with Crippen LogP contribution in [0, 0.1) is 5.92 Å². The Morgan fingerprint density at radius 3 is 2.30 bits per heavy atom. The quantitative estimate of drug-likeness (QED) is 0.386. The lowest BCUT2D eigenvalue weighted by Crippen LogP contribution is -2.41. The highest BCUT2D eigenvalue weighted by Crippen LogP contribution is 2.04. The Hall–Kier alpha value is -1.26. The fraction of sp³-hybridized carbons (Fsp3) is 0.867. The normalized spacial score (nSPS) is 11.6. The predicted molar refractivity (Wildman–Crippen MR) is 86.0 cm³/mol. The van der Waals surface area contributed by atoms with Gasteiger partial charge in [-0.3, -0.25) is 4.79 Å². The first-order valence-electron chi connectivity index (χ1n) is 7.77. The van der Waals surface area contributed by atoms with Crippen LogP contribution in [0.4, 0.5) is 0 Å². The lowest BCUT2D eigenvalue weighted by Gasteiger charge is -2.17. The molecule has 0 aromatic heterocycles. The minimum absolute atomic E-state index is 0.0177. The molecule has 0 aromatic carbocycles. The third kappa shape index (κ3) is 8.77. The SMILES string of the molecule is CCCCNC(=NCC(=O)N(C)C)NCC(CC)CC. The van der Waals surface area contributed by atoms with Crippen molar-refractivity contribution in [3.8, 4) is 0 Å². The minimum atomic E-state index is 0.0177. The van der Waals surface area contributed by atoms with Crippen LogP contribution in [0.5, 0.6) is 0 Å². The van der Waals surface area contributed by atoms with Crippen molar-refractivity contribution in [2.75, 3.05) is 33.7 Å². The monoisotopic (exact) mass is 284 g/mol. The number of hydrogen-bond donors (Lipinski definition) is 2. The third-order valence-electron chi connectivity index (χ3n) is 3.41. The number of nitrogens with zero attached hydrogens (tertiary/aromatic N) is 2. The summed E-state index contributed by atoms with van der Waals surface area (Å²) in [4.78, 5) is 17.5. The van der Waals surface area contributed by atoms with E-state index in [4.69, 9.17) is 0 Å². The summed E-state index contributed by atoms with van der Waals surface area (Å²) >= 11 is 0. The molecule has 5 heteroatoms. The Labute approximate surface area is 124 Å². The van der Waals surface area contributed by atoms with Gasteiger partial charge in [0, 0.05) is 27.2 Å². The van der Waals surface area contributed by atoms with Crippen molar-refractivity contribution < 1.29 is 4.79 Å². The maximum absolute atomic E-state index is 11.6. The molecule has 0 aromatic rings. The van der Waals surface area contributed by atoms with Crippen molar-refractivity contribution >= 4 is 11.9 Å². The second-order valence-corrected chi connectivity index (χ2v) is 5.30. The molecule has 0 heterocycles. The van der Waals surface area contributed by atoms with E-state index in [1.807, 2.05) is 0 Å². The minimum Gasteiger partial charge on any atom is -0.356 e. The Kier molecular flexibility index (Phi) is 10.8. The second kappa shape index (κ2) is 11.6. The highest BCUT2D eigenvalue weighted by atomic mass is 16.2. The lowest BCUT2D eigenvalue weighted by molar-refractivity contribution is -0.127. The Morgan fingerprint density at radius 2 is 1.80 bits per heavy atom. The molecule has 0 fully saturated rings. The maximum Gasteiger partial charge on any atom is 0.243 e. The van der Waals surface area contributed by atoms with E-state index in [2.05, 4.69) is 36.4 Å². The molecule has 0 spiro atoms. The number of amides is 1. The Morgan fingerprint density at radius 1 is 1.15 bits per heavy atom. The molecular formula is C15H32N4O. The highest BCUT2D eigenvalue weighted by molar-refractivity contribution is 5.84. The van der Waals surface area contributed by atoms with Gasteiger partial charge in [-0.2, -0.15) is 0 Å². The average molecular weight is 284 g/mol. The predicted octanol–water partition coefficient (Wildman–Crippen LogP) is 1.85. The van der Waals surface area contributed by atoms with Crippen LogP contribution in [-0.4, -0.2) is 50.5 Å². The first-order chi connectivity index (χ1) is 9.54. The molecule has 118 valence electrons. The molecule has 0 aliphatic carbocycles. The molecular weight excluding hydrogens is 252 g/mol. The van der Waals surface area contributed by atoms with Crippen LogP contribution in [0.25, 0.3) is 0 Å². The van der Waals surface area contributed by atoms with Gasteiger partial charge >= 0.3 is 0 Å². The van der Waals surface area contributed by atoms with Gasteiger partial charge in [0.25, 0.3) is 0 Å². The van der Waals surface area contributed by atoms with Gasteiger partial charge < -0.3 is 15.5 Å². The number of carbonyl (C=O) groups excluding carboxylic acids is 1. The highest BCUT2D eigenvalue weighted by Gasteiger charge is 2.07. The van der Waals surface area contributed by atoms with E-state index in [-0.39, 0.29) is 12.5 Å². The molecule has 0 radical (unpaired) electrons. The summed E-state index contributed by atoms with van der Waals surface area (Å²) in [6, 6.07) is 0. The van der Waals surface area contributed by atoms with Crippen molar-refractivity contribution in [3.05, 3.63) is 0 Å². The summed E-state index contributed by atoms with van der Waals surface area (Å²) in [5, 5.41) is 6.63. The van der Waals surface area contributed by atoms with E-state index in [0.717, 1.165) is 44.7 Å². The van der Waals surface area contributed by atoms with E-state index in [9.17, 15) is 4.79 Å². The van der Waals surface area contributed by atoms with E-state index in [0.29, 0.717) is 5.92 Å². The van der Waals surface area contributed by atoms with Gasteiger partial charge in [0.05, 0.1) is 0 Å². The van der Waals surface area contributed by atoms with Gasteiger partial charge in [-0.1, -0.05) is 40.0 Å². The Balaban J connectivity index is 4.38. The van der Waals surface area contributed by atoms with Crippen molar-refractivity contribution in [2.24, 2.45) is 10.9 Å². The third-order valence-corrected chi connectivity index (χ3v) is 3.41. The molecule has 0 bridgehead atoms. The number of unbranched alkanes of at least 4 members (excludes halogenated alkanes) is 1. The standard InChI is InChI=1S/C15H32N4O/c1-6-9-10-16-15(17-11-13(7-2)8-3)18-12-14(20)19(4)5/h13H,6-12H2,1-5H3,(H2,16,17,18). The zero-order chi connectivity index (χ0) is 15.4. The average Bonchev–Trinajstić information content (AvgIpc) is 2.44. The summed E-state index contributed by atoms with van der Waals surface area (Å²) in [6.07, 6.45) is 4.56. The molecule has 0 aliphatic heterocycles. The largest absolute Gasteiger partial charge is 0.356 e. The number of rotatable bonds is 9. The zero-order valence-corrected chi connectivity index (χ0v) is 13.8. The van der Waals surface area contributed by atoms with Crippen LogP contribution in [-0.2, 0) is 4.79 Å². The molecule has 20 heavy (non-hydrogen) atoms.